The number of hydrogen-bond acceptors (Lipinski definition) is 4. The van der Waals surface area contributed by atoms with Gasteiger partial charge in [0.2, 0.25) is 0 Å². The summed E-state index contributed by atoms with van der Waals surface area (Å²) in [5.41, 5.74) is 6.67. The summed E-state index contributed by atoms with van der Waals surface area (Å²) in [6, 6.07) is 16.5. The second-order valence-corrected chi connectivity index (χ2v) is 5.74. The number of aliphatic imine (C=N–C) groups is 1. The van der Waals surface area contributed by atoms with Gasteiger partial charge < -0.3 is 0 Å². The molecule has 4 heteroatoms. The van der Waals surface area contributed by atoms with E-state index in [1.54, 1.807) is 0 Å². The number of fused-ring (bicyclic) bond motifs is 3. The van der Waals surface area contributed by atoms with Crippen molar-refractivity contribution in [3.05, 3.63) is 76.7 Å². The van der Waals surface area contributed by atoms with Crippen molar-refractivity contribution in [2.75, 3.05) is 0 Å². The third-order valence-corrected chi connectivity index (χ3v) is 3.95. The highest BCUT2D eigenvalue weighted by Crippen LogP contribution is 2.33. The van der Waals surface area contributed by atoms with E-state index in [0.29, 0.717) is 12.4 Å². The molecule has 3 aromatic rings. The molecule has 4 rings (SSSR count). The highest BCUT2D eigenvalue weighted by atomic mass is 15.2. The van der Waals surface area contributed by atoms with E-state index < -0.39 is 0 Å². The van der Waals surface area contributed by atoms with Crippen LogP contribution in [-0.4, -0.2) is 21.4 Å². The fraction of sp³-hybridized carbons (Fsp3) is 0.158. The Kier molecular flexibility index (Phi) is 3.42. The molecule has 1 aliphatic carbocycles. The van der Waals surface area contributed by atoms with E-state index in [1.165, 1.54) is 16.7 Å². The first-order chi connectivity index (χ1) is 11.3. The molecule has 0 amide bonds. The van der Waals surface area contributed by atoms with Crippen LogP contribution in [0.3, 0.4) is 0 Å². The largest absolute Gasteiger partial charge is 0.284 e. The average molecular weight is 300 g/mol. The summed E-state index contributed by atoms with van der Waals surface area (Å²) >= 11 is 0. The Morgan fingerprint density at radius 3 is 2.83 bits per heavy atom. The lowest BCUT2D eigenvalue weighted by Gasteiger charge is -2.01. The first-order valence-corrected chi connectivity index (χ1v) is 7.67. The van der Waals surface area contributed by atoms with Gasteiger partial charge in [-0.1, -0.05) is 48.0 Å². The Morgan fingerprint density at radius 2 is 1.96 bits per heavy atom. The molecular formula is C19H16N4. The SMILES string of the molecule is Cc1ccc2c(c1)-c1nnc(CN=Cc3ccccc3)nc1C2. The fourth-order valence-corrected chi connectivity index (χ4v) is 2.81. The molecule has 0 atom stereocenters. The lowest BCUT2D eigenvalue weighted by molar-refractivity contribution is 0.819. The Morgan fingerprint density at radius 1 is 1.09 bits per heavy atom. The van der Waals surface area contributed by atoms with Crippen molar-refractivity contribution >= 4 is 6.21 Å². The van der Waals surface area contributed by atoms with Gasteiger partial charge in [-0.3, -0.25) is 4.99 Å². The van der Waals surface area contributed by atoms with Gasteiger partial charge in [-0.05, 0) is 24.1 Å². The van der Waals surface area contributed by atoms with E-state index >= 15 is 0 Å². The van der Waals surface area contributed by atoms with Crippen molar-refractivity contribution < 1.29 is 0 Å². The standard InChI is InChI=1S/C19H16N4/c1-13-7-8-15-10-17-19(16(15)9-13)23-22-18(21-17)12-20-11-14-5-3-2-4-6-14/h2-9,11H,10,12H2,1H3. The van der Waals surface area contributed by atoms with E-state index in [0.717, 1.165) is 23.4 Å². The van der Waals surface area contributed by atoms with Gasteiger partial charge in [-0.15, -0.1) is 10.2 Å². The lowest BCUT2D eigenvalue weighted by Crippen LogP contribution is -2.01. The van der Waals surface area contributed by atoms with Crippen LogP contribution in [0.15, 0.2) is 53.5 Å². The molecule has 0 radical (unpaired) electrons. The van der Waals surface area contributed by atoms with Crippen molar-refractivity contribution in [3.8, 4) is 11.3 Å². The van der Waals surface area contributed by atoms with Gasteiger partial charge in [-0.25, -0.2) is 4.98 Å². The topological polar surface area (TPSA) is 51.0 Å². The Labute approximate surface area is 135 Å². The second-order valence-electron chi connectivity index (χ2n) is 5.74. The molecule has 23 heavy (non-hydrogen) atoms. The molecule has 0 N–H and O–H groups in total. The quantitative estimate of drug-likeness (QED) is 0.545. The average Bonchev–Trinajstić information content (AvgIpc) is 2.93. The lowest BCUT2D eigenvalue weighted by atomic mass is 10.1. The number of benzene rings is 2. The Hall–Kier alpha value is -2.88. The summed E-state index contributed by atoms with van der Waals surface area (Å²) in [4.78, 5) is 9.05. The monoisotopic (exact) mass is 300 g/mol. The van der Waals surface area contributed by atoms with Crippen molar-refractivity contribution in [1.82, 2.24) is 15.2 Å². The van der Waals surface area contributed by atoms with Crippen molar-refractivity contribution in [3.63, 3.8) is 0 Å². The van der Waals surface area contributed by atoms with E-state index in [4.69, 9.17) is 0 Å². The van der Waals surface area contributed by atoms with E-state index in [9.17, 15) is 0 Å². The molecule has 0 unspecified atom stereocenters. The fourth-order valence-electron chi connectivity index (χ4n) is 2.81. The molecular weight excluding hydrogens is 284 g/mol. The maximum atomic E-state index is 4.64. The van der Waals surface area contributed by atoms with Gasteiger partial charge in [-0.2, -0.15) is 0 Å². The van der Waals surface area contributed by atoms with Crippen LogP contribution < -0.4 is 0 Å². The van der Waals surface area contributed by atoms with Gasteiger partial charge in [0.25, 0.3) is 0 Å². The zero-order valence-corrected chi connectivity index (χ0v) is 12.9. The number of aromatic nitrogens is 3. The zero-order chi connectivity index (χ0) is 15.6. The van der Waals surface area contributed by atoms with Crippen LogP contribution in [0.2, 0.25) is 0 Å². The normalized spacial score (nSPS) is 12.4. The molecule has 0 aliphatic heterocycles. The van der Waals surface area contributed by atoms with Crippen LogP contribution in [0.1, 0.15) is 28.2 Å². The summed E-state index contributed by atoms with van der Waals surface area (Å²) < 4.78 is 0. The molecule has 1 aromatic heterocycles. The first kappa shape index (κ1) is 13.8. The summed E-state index contributed by atoms with van der Waals surface area (Å²) in [5, 5.41) is 8.62. The molecule has 2 aromatic carbocycles. The number of nitrogens with zero attached hydrogens (tertiary/aromatic N) is 4. The van der Waals surface area contributed by atoms with Crippen LogP contribution in [0.4, 0.5) is 0 Å². The highest BCUT2D eigenvalue weighted by molar-refractivity contribution is 5.79. The van der Waals surface area contributed by atoms with Crippen LogP contribution in [0, 0.1) is 6.92 Å². The smallest absolute Gasteiger partial charge is 0.172 e. The molecule has 0 fully saturated rings. The minimum Gasteiger partial charge on any atom is -0.284 e. The Bertz CT molecular complexity index is 885. The van der Waals surface area contributed by atoms with E-state index in [2.05, 4.69) is 45.3 Å². The molecule has 0 spiro atoms. The van der Waals surface area contributed by atoms with Crippen molar-refractivity contribution in [1.29, 1.82) is 0 Å². The number of hydrogen-bond donors (Lipinski definition) is 0. The van der Waals surface area contributed by atoms with Crippen LogP contribution in [0.5, 0.6) is 0 Å². The predicted octanol–water partition coefficient (Wildman–Crippen LogP) is 3.37. The molecule has 0 saturated heterocycles. The summed E-state index contributed by atoms with van der Waals surface area (Å²) in [6.45, 7) is 2.54. The summed E-state index contributed by atoms with van der Waals surface area (Å²) in [5.74, 6) is 0.667. The van der Waals surface area contributed by atoms with Gasteiger partial charge >= 0.3 is 0 Å². The Balaban J connectivity index is 1.55. The van der Waals surface area contributed by atoms with E-state index in [1.807, 2.05) is 36.5 Å². The van der Waals surface area contributed by atoms with Crippen LogP contribution in [-0.2, 0) is 13.0 Å². The second kappa shape index (κ2) is 5.72. The molecule has 0 saturated carbocycles. The molecule has 112 valence electrons. The minimum absolute atomic E-state index is 0.449. The molecule has 4 nitrogen and oxygen atoms in total. The van der Waals surface area contributed by atoms with Gasteiger partial charge in [0, 0.05) is 18.2 Å². The van der Waals surface area contributed by atoms with Gasteiger partial charge in [0.15, 0.2) is 5.82 Å². The van der Waals surface area contributed by atoms with Gasteiger partial charge in [0.1, 0.15) is 12.2 Å². The maximum Gasteiger partial charge on any atom is 0.172 e. The summed E-state index contributed by atoms with van der Waals surface area (Å²) in [6.07, 6.45) is 2.67. The van der Waals surface area contributed by atoms with E-state index in [-0.39, 0.29) is 0 Å². The predicted molar refractivity (Wildman–Crippen MR) is 90.5 cm³/mol. The van der Waals surface area contributed by atoms with Crippen molar-refractivity contribution in [2.45, 2.75) is 19.9 Å². The van der Waals surface area contributed by atoms with Crippen molar-refractivity contribution in [2.24, 2.45) is 4.99 Å². The maximum absolute atomic E-state index is 4.64. The van der Waals surface area contributed by atoms with Gasteiger partial charge in [0.05, 0.1) is 5.69 Å². The summed E-state index contributed by atoms with van der Waals surface area (Å²) in [7, 11) is 0. The highest BCUT2D eigenvalue weighted by Gasteiger charge is 2.22. The number of aryl methyl sites for hydroxylation is 1. The third kappa shape index (κ3) is 2.75. The first-order valence-electron chi connectivity index (χ1n) is 7.67. The minimum atomic E-state index is 0.449. The molecule has 1 aliphatic rings. The van der Waals surface area contributed by atoms with Crippen LogP contribution >= 0.6 is 0 Å². The zero-order valence-electron chi connectivity index (χ0n) is 12.9. The number of rotatable bonds is 3. The molecule has 0 bridgehead atoms. The third-order valence-electron chi connectivity index (χ3n) is 3.95. The van der Waals surface area contributed by atoms with Crippen LogP contribution in [0.25, 0.3) is 11.3 Å². The molecule has 1 heterocycles.